The number of rotatable bonds is 4. The first-order valence-corrected chi connectivity index (χ1v) is 6.87. The summed E-state index contributed by atoms with van der Waals surface area (Å²) in [4.78, 5) is 13.6. The molecule has 0 heterocycles. The van der Waals surface area contributed by atoms with E-state index in [0.717, 1.165) is 5.56 Å². The van der Waals surface area contributed by atoms with E-state index in [1.807, 2.05) is 26.8 Å². The van der Waals surface area contributed by atoms with E-state index in [-0.39, 0.29) is 11.4 Å². The lowest BCUT2D eigenvalue weighted by atomic mass is 10.1. The van der Waals surface area contributed by atoms with Crippen molar-refractivity contribution in [2.24, 2.45) is 0 Å². The van der Waals surface area contributed by atoms with Gasteiger partial charge in [-0.25, -0.2) is 0 Å². The van der Waals surface area contributed by atoms with Gasteiger partial charge in [-0.2, -0.15) is 0 Å². The van der Waals surface area contributed by atoms with Crippen molar-refractivity contribution in [2.75, 3.05) is 13.6 Å². The van der Waals surface area contributed by atoms with E-state index in [1.165, 1.54) is 0 Å². The Morgan fingerprint density at radius 2 is 1.95 bits per heavy atom. The summed E-state index contributed by atoms with van der Waals surface area (Å²) in [6, 6.07) is 5.30. The summed E-state index contributed by atoms with van der Waals surface area (Å²) in [5.41, 5.74) is 0.812. The van der Waals surface area contributed by atoms with Crippen molar-refractivity contribution in [1.29, 1.82) is 0 Å². The number of carbonyl (C=O) groups excluding carboxylic acids is 1. The summed E-state index contributed by atoms with van der Waals surface area (Å²) in [6.07, 6.45) is 0. The van der Waals surface area contributed by atoms with Gasteiger partial charge in [-0.05, 0) is 38.5 Å². The molecule has 0 spiro atoms. The van der Waals surface area contributed by atoms with Crippen LogP contribution in [0.2, 0.25) is 10.0 Å². The second kappa shape index (κ2) is 6.60. The van der Waals surface area contributed by atoms with Gasteiger partial charge in [0.2, 0.25) is 5.91 Å². The Bertz CT molecular complexity index is 455. The van der Waals surface area contributed by atoms with E-state index in [2.05, 4.69) is 5.32 Å². The average molecular weight is 303 g/mol. The lowest BCUT2D eigenvalue weighted by Crippen LogP contribution is -2.43. The van der Waals surface area contributed by atoms with E-state index in [1.54, 1.807) is 24.1 Å². The summed E-state index contributed by atoms with van der Waals surface area (Å²) in [7, 11) is 1.76. The molecular weight excluding hydrogens is 283 g/mol. The molecule has 1 aromatic carbocycles. The molecule has 0 aromatic heterocycles. The van der Waals surface area contributed by atoms with Crippen LogP contribution in [0, 0.1) is 0 Å². The topological polar surface area (TPSA) is 32.3 Å². The van der Waals surface area contributed by atoms with Crippen LogP contribution >= 0.6 is 23.2 Å². The molecule has 1 aromatic rings. The first kappa shape index (κ1) is 16.3. The van der Waals surface area contributed by atoms with Crippen molar-refractivity contribution in [2.45, 2.75) is 32.9 Å². The van der Waals surface area contributed by atoms with Crippen LogP contribution < -0.4 is 5.32 Å². The zero-order valence-electron chi connectivity index (χ0n) is 11.8. The maximum Gasteiger partial charge on any atom is 0.236 e. The van der Waals surface area contributed by atoms with Crippen LogP contribution in [0.4, 0.5) is 0 Å². The minimum absolute atomic E-state index is 0.0286. The molecule has 1 amide bonds. The Morgan fingerprint density at radius 1 is 1.32 bits per heavy atom. The van der Waals surface area contributed by atoms with E-state index in [0.29, 0.717) is 23.1 Å². The van der Waals surface area contributed by atoms with Gasteiger partial charge in [0.25, 0.3) is 0 Å². The van der Waals surface area contributed by atoms with E-state index in [9.17, 15) is 4.79 Å². The predicted octanol–water partition coefficient (Wildman–Crippen LogP) is 3.34. The number of likely N-dealkylation sites (N-methyl/N-ethyl adjacent to an activating group) is 1. The van der Waals surface area contributed by atoms with Gasteiger partial charge in [0.15, 0.2) is 0 Å². The Kier molecular flexibility index (Phi) is 5.65. The van der Waals surface area contributed by atoms with Crippen molar-refractivity contribution >= 4 is 29.1 Å². The molecule has 5 heteroatoms. The summed E-state index contributed by atoms with van der Waals surface area (Å²) < 4.78 is 0. The Hall–Kier alpha value is -0.770. The molecule has 19 heavy (non-hydrogen) atoms. The molecule has 0 fully saturated rings. The standard InChI is InChI=1S/C14H20Cl2N2O/c1-14(2,3)17-8-13(19)18(4)9-10-5-6-11(15)7-12(10)16/h5-7,17H,8-9H2,1-4H3. The first-order chi connectivity index (χ1) is 8.69. The fourth-order valence-corrected chi connectivity index (χ4v) is 1.94. The number of benzene rings is 1. The van der Waals surface area contributed by atoms with E-state index >= 15 is 0 Å². The highest BCUT2D eigenvalue weighted by molar-refractivity contribution is 6.35. The second-order valence-corrected chi connectivity index (χ2v) is 6.43. The molecule has 106 valence electrons. The number of hydrogen-bond acceptors (Lipinski definition) is 2. The van der Waals surface area contributed by atoms with Crippen LogP contribution in [0.1, 0.15) is 26.3 Å². The normalized spacial score (nSPS) is 11.5. The smallest absolute Gasteiger partial charge is 0.236 e. The fraction of sp³-hybridized carbons (Fsp3) is 0.500. The van der Waals surface area contributed by atoms with Gasteiger partial charge in [0.05, 0.1) is 6.54 Å². The third kappa shape index (κ3) is 5.81. The minimum Gasteiger partial charge on any atom is -0.340 e. The number of carbonyl (C=O) groups is 1. The molecule has 0 aliphatic carbocycles. The molecule has 1 rings (SSSR count). The predicted molar refractivity (Wildman–Crippen MR) is 80.7 cm³/mol. The maximum absolute atomic E-state index is 12.0. The van der Waals surface area contributed by atoms with Crippen molar-refractivity contribution in [1.82, 2.24) is 10.2 Å². The third-order valence-electron chi connectivity index (χ3n) is 2.62. The van der Waals surface area contributed by atoms with Gasteiger partial charge in [-0.1, -0.05) is 29.3 Å². The highest BCUT2D eigenvalue weighted by atomic mass is 35.5. The zero-order chi connectivity index (χ0) is 14.6. The van der Waals surface area contributed by atoms with Gasteiger partial charge in [0.1, 0.15) is 0 Å². The SMILES string of the molecule is CN(Cc1ccc(Cl)cc1Cl)C(=O)CNC(C)(C)C. The second-order valence-electron chi connectivity index (χ2n) is 5.59. The van der Waals surface area contributed by atoms with Crippen molar-refractivity contribution < 1.29 is 4.79 Å². The average Bonchev–Trinajstić information content (AvgIpc) is 2.28. The van der Waals surface area contributed by atoms with Crippen LogP contribution in [0.15, 0.2) is 18.2 Å². The minimum atomic E-state index is -0.0750. The molecule has 0 unspecified atom stereocenters. The summed E-state index contributed by atoms with van der Waals surface area (Å²) in [5, 5.41) is 4.34. The number of nitrogens with one attached hydrogen (secondary N) is 1. The molecular formula is C14H20Cl2N2O. The van der Waals surface area contributed by atoms with Crippen LogP contribution in [0.3, 0.4) is 0 Å². The number of halogens is 2. The highest BCUT2D eigenvalue weighted by Crippen LogP contribution is 2.21. The highest BCUT2D eigenvalue weighted by Gasteiger charge is 2.15. The van der Waals surface area contributed by atoms with Gasteiger partial charge in [0, 0.05) is 29.2 Å². The van der Waals surface area contributed by atoms with Crippen molar-refractivity contribution in [3.63, 3.8) is 0 Å². The summed E-state index contributed by atoms with van der Waals surface area (Å²) in [5.74, 6) is 0.0286. The molecule has 0 atom stereocenters. The van der Waals surface area contributed by atoms with Crippen LogP contribution in [0.5, 0.6) is 0 Å². The number of nitrogens with zero attached hydrogens (tertiary/aromatic N) is 1. The first-order valence-electron chi connectivity index (χ1n) is 6.12. The number of amides is 1. The summed E-state index contributed by atoms with van der Waals surface area (Å²) in [6.45, 7) is 6.86. The quantitative estimate of drug-likeness (QED) is 0.925. The van der Waals surface area contributed by atoms with Gasteiger partial charge in [-0.3, -0.25) is 4.79 Å². The number of hydrogen-bond donors (Lipinski definition) is 1. The van der Waals surface area contributed by atoms with E-state index in [4.69, 9.17) is 23.2 Å². The van der Waals surface area contributed by atoms with Crippen molar-refractivity contribution in [3.8, 4) is 0 Å². The van der Waals surface area contributed by atoms with Gasteiger partial charge in [-0.15, -0.1) is 0 Å². The fourth-order valence-electron chi connectivity index (χ4n) is 1.47. The third-order valence-corrected chi connectivity index (χ3v) is 3.21. The Balaban J connectivity index is 2.59. The molecule has 0 saturated heterocycles. The Morgan fingerprint density at radius 3 is 2.47 bits per heavy atom. The van der Waals surface area contributed by atoms with E-state index < -0.39 is 0 Å². The largest absolute Gasteiger partial charge is 0.340 e. The molecule has 0 saturated carbocycles. The zero-order valence-corrected chi connectivity index (χ0v) is 13.3. The van der Waals surface area contributed by atoms with Gasteiger partial charge >= 0.3 is 0 Å². The van der Waals surface area contributed by atoms with Gasteiger partial charge < -0.3 is 10.2 Å². The van der Waals surface area contributed by atoms with Crippen LogP contribution in [-0.2, 0) is 11.3 Å². The molecule has 0 radical (unpaired) electrons. The molecule has 0 bridgehead atoms. The lowest BCUT2D eigenvalue weighted by Gasteiger charge is -2.23. The van der Waals surface area contributed by atoms with Crippen LogP contribution in [-0.4, -0.2) is 29.9 Å². The monoisotopic (exact) mass is 302 g/mol. The van der Waals surface area contributed by atoms with Crippen LogP contribution in [0.25, 0.3) is 0 Å². The maximum atomic E-state index is 12.0. The summed E-state index contributed by atoms with van der Waals surface area (Å²) >= 11 is 11.9. The lowest BCUT2D eigenvalue weighted by molar-refractivity contribution is -0.129. The molecule has 3 nitrogen and oxygen atoms in total. The molecule has 1 N–H and O–H groups in total. The molecule has 0 aliphatic heterocycles. The Labute approximate surface area is 124 Å². The molecule has 0 aliphatic rings. The van der Waals surface area contributed by atoms with Crippen molar-refractivity contribution in [3.05, 3.63) is 33.8 Å².